The molecule has 0 aliphatic carbocycles. The maximum atomic E-state index is 5.26. The Labute approximate surface area is 273 Å². The number of rotatable bonds is 3. The van der Waals surface area contributed by atoms with Crippen LogP contribution < -0.4 is 0 Å². The van der Waals surface area contributed by atoms with Crippen LogP contribution >= 0.6 is 0 Å². The van der Waals surface area contributed by atoms with Crippen molar-refractivity contribution < 1.29 is 0 Å². The topological polar surface area (TPSA) is 96.0 Å². The van der Waals surface area contributed by atoms with E-state index >= 15 is 0 Å². The molecule has 4 aromatic carbocycles. The van der Waals surface area contributed by atoms with Gasteiger partial charge in [-0.3, -0.25) is 13.8 Å². The summed E-state index contributed by atoms with van der Waals surface area (Å²) in [4.78, 5) is 30.8. The number of aromatic nitrogens is 10. The van der Waals surface area contributed by atoms with Crippen LogP contribution in [0.15, 0.2) is 97.1 Å². The Morgan fingerprint density at radius 1 is 0.396 bits per heavy atom. The van der Waals surface area contributed by atoms with Gasteiger partial charge in [0.2, 0.25) is 23.5 Å². The van der Waals surface area contributed by atoms with Gasteiger partial charge in [0.05, 0.1) is 44.1 Å². The maximum Gasteiger partial charge on any atom is 0.242 e. The Morgan fingerprint density at radius 3 is 1.33 bits per heavy atom. The van der Waals surface area contributed by atoms with Crippen molar-refractivity contribution in [3.8, 4) is 23.3 Å². The molecule has 0 radical (unpaired) electrons. The molecule has 0 atom stereocenters. The molecule has 0 saturated carbocycles. The van der Waals surface area contributed by atoms with E-state index < -0.39 is 0 Å². The Hall–Kier alpha value is -6.42. The predicted molar refractivity (Wildman–Crippen MR) is 188 cm³/mol. The van der Waals surface area contributed by atoms with Gasteiger partial charge in [-0.25, -0.2) is 19.1 Å². The van der Waals surface area contributed by atoms with E-state index in [-0.39, 0.29) is 0 Å². The third-order valence-electron chi connectivity index (χ3n) is 9.63. The van der Waals surface area contributed by atoms with Gasteiger partial charge in [-0.15, -0.1) is 0 Å². The summed E-state index contributed by atoms with van der Waals surface area (Å²) in [6.07, 6.45) is 0. The van der Waals surface area contributed by atoms with E-state index in [4.69, 9.17) is 29.9 Å². The van der Waals surface area contributed by atoms with E-state index in [0.717, 1.165) is 83.8 Å². The zero-order chi connectivity index (χ0) is 32.3. The second-order valence-corrected chi connectivity index (χ2v) is 12.3. The Kier molecular flexibility index (Phi) is 5.33. The summed E-state index contributed by atoms with van der Waals surface area (Å²) in [7, 11) is 0. The van der Waals surface area contributed by atoms with Gasteiger partial charge >= 0.3 is 0 Å². The quantitative estimate of drug-likeness (QED) is 0.200. The van der Waals surface area contributed by atoms with Gasteiger partial charge in [0.25, 0.3) is 0 Å². The molecule has 0 amide bonds. The number of nitrogens with zero attached hydrogens (tertiary/aromatic N) is 10. The molecule has 0 spiro atoms. The van der Waals surface area contributed by atoms with Crippen LogP contribution in [0.3, 0.4) is 0 Å². The van der Waals surface area contributed by atoms with Crippen LogP contribution in [0.5, 0.6) is 0 Å². The molecule has 10 heteroatoms. The Bertz CT molecular complexity index is 2790. The number of benzene rings is 4. The minimum atomic E-state index is 0.459. The normalized spacial score (nSPS) is 12.2. The lowest BCUT2D eigenvalue weighted by atomic mass is 10.0. The Morgan fingerprint density at radius 2 is 0.833 bits per heavy atom. The molecule has 10 aromatic rings. The lowest BCUT2D eigenvalue weighted by molar-refractivity contribution is 0.874. The third kappa shape index (κ3) is 3.51. The minimum Gasteiger partial charge on any atom is -0.276 e. The first-order chi connectivity index (χ1) is 23.5. The summed E-state index contributed by atoms with van der Waals surface area (Å²) >= 11 is 0. The number of pyridine rings is 1. The van der Waals surface area contributed by atoms with Crippen LogP contribution in [0.4, 0.5) is 0 Å². The molecular formula is C38H28N10. The third-order valence-corrected chi connectivity index (χ3v) is 9.63. The summed E-state index contributed by atoms with van der Waals surface area (Å²) in [5.74, 6) is 2.91. The van der Waals surface area contributed by atoms with Crippen molar-refractivity contribution >= 4 is 55.7 Å². The number of para-hydroxylation sites is 8. The molecule has 0 bridgehead atoms. The summed E-state index contributed by atoms with van der Waals surface area (Å²) in [6.45, 7) is 8.28. The number of aryl methyl sites for hydroxylation is 2. The van der Waals surface area contributed by atoms with Gasteiger partial charge in [-0.1, -0.05) is 48.5 Å². The van der Waals surface area contributed by atoms with Gasteiger partial charge in [0.1, 0.15) is 0 Å². The molecule has 0 unspecified atom stereocenters. The molecule has 48 heavy (non-hydrogen) atoms. The molecule has 0 saturated heterocycles. The average molecular weight is 625 g/mol. The van der Waals surface area contributed by atoms with E-state index in [1.54, 1.807) is 0 Å². The van der Waals surface area contributed by atoms with Crippen molar-refractivity contribution in [3.05, 3.63) is 120 Å². The second kappa shape index (κ2) is 9.55. The summed E-state index contributed by atoms with van der Waals surface area (Å²) in [6, 6.07) is 32.9. The zero-order valence-corrected chi connectivity index (χ0v) is 26.7. The smallest absolute Gasteiger partial charge is 0.242 e. The molecule has 6 heterocycles. The molecule has 6 aromatic heterocycles. The fourth-order valence-electron chi connectivity index (χ4n) is 7.21. The standard InChI is InChI=1S/C38H28N10/c1-21-22(2)33(24(4)39-23(21)3)34-42-35(47-31-19-11-9-17-29(31)45-27-15-7-5-13-25(27)40-37(45)47)44-36(43-34)48-32-20-12-10-18-30(32)46-28-16-8-6-14-26(28)41-38(46)48/h5-20H,1-4H3. The summed E-state index contributed by atoms with van der Waals surface area (Å²) in [5.41, 5.74) is 12.7. The van der Waals surface area contributed by atoms with Crippen LogP contribution in [-0.2, 0) is 0 Å². The van der Waals surface area contributed by atoms with E-state index in [9.17, 15) is 0 Å². The zero-order valence-electron chi connectivity index (χ0n) is 26.7. The second-order valence-electron chi connectivity index (χ2n) is 12.3. The fourth-order valence-corrected chi connectivity index (χ4v) is 7.21. The number of hydrogen-bond donors (Lipinski definition) is 0. The molecule has 0 fully saturated rings. The Balaban J connectivity index is 1.37. The largest absolute Gasteiger partial charge is 0.276 e. The van der Waals surface area contributed by atoms with Crippen LogP contribution in [0, 0.1) is 27.7 Å². The van der Waals surface area contributed by atoms with E-state index in [1.165, 1.54) is 0 Å². The monoisotopic (exact) mass is 624 g/mol. The first-order valence-corrected chi connectivity index (χ1v) is 15.9. The van der Waals surface area contributed by atoms with Crippen molar-refractivity contribution in [2.24, 2.45) is 0 Å². The summed E-state index contributed by atoms with van der Waals surface area (Å²) in [5, 5.41) is 0. The fraction of sp³-hybridized carbons (Fsp3) is 0.105. The SMILES string of the molecule is Cc1nc(C)c(-c2nc(-n3c4ccccc4n4c5ccccc5nc34)nc(-n3c4ccccc4n4c5ccccc5nc34)n2)c(C)c1C. The molecule has 10 nitrogen and oxygen atoms in total. The lowest BCUT2D eigenvalue weighted by Crippen LogP contribution is -2.12. The van der Waals surface area contributed by atoms with Crippen LogP contribution in [0.1, 0.15) is 22.5 Å². The molecule has 230 valence electrons. The van der Waals surface area contributed by atoms with Gasteiger partial charge < -0.3 is 0 Å². The number of fused-ring (bicyclic) bond motifs is 10. The number of imidazole rings is 4. The van der Waals surface area contributed by atoms with Gasteiger partial charge in [0.15, 0.2) is 5.82 Å². The average Bonchev–Trinajstić information content (AvgIpc) is 3.83. The van der Waals surface area contributed by atoms with Gasteiger partial charge in [-0.05, 0) is 87.4 Å². The first-order valence-electron chi connectivity index (χ1n) is 15.9. The molecule has 0 aliphatic rings. The van der Waals surface area contributed by atoms with Crippen molar-refractivity contribution in [3.63, 3.8) is 0 Å². The minimum absolute atomic E-state index is 0.459. The van der Waals surface area contributed by atoms with E-state index in [0.29, 0.717) is 17.7 Å². The number of hydrogen-bond acceptors (Lipinski definition) is 6. The van der Waals surface area contributed by atoms with Gasteiger partial charge in [-0.2, -0.15) is 15.0 Å². The van der Waals surface area contributed by atoms with Crippen LogP contribution in [0.2, 0.25) is 0 Å². The van der Waals surface area contributed by atoms with Crippen molar-refractivity contribution in [1.82, 2.24) is 47.8 Å². The van der Waals surface area contributed by atoms with Crippen LogP contribution in [-0.4, -0.2) is 47.8 Å². The highest BCUT2D eigenvalue weighted by Crippen LogP contribution is 2.33. The molecule has 0 aliphatic heterocycles. The van der Waals surface area contributed by atoms with E-state index in [2.05, 4.69) is 59.0 Å². The predicted octanol–water partition coefficient (Wildman–Crippen LogP) is 7.66. The highest BCUT2D eigenvalue weighted by Gasteiger charge is 2.25. The van der Waals surface area contributed by atoms with Crippen molar-refractivity contribution in [2.75, 3.05) is 0 Å². The van der Waals surface area contributed by atoms with Crippen molar-refractivity contribution in [1.29, 1.82) is 0 Å². The van der Waals surface area contributed by atoms with Crippen LogP contribution in [0.25, 0.3) is 79.0 Å². The highest BCUT2D eigenvalue weighted by molar-refractivity contribution is 5.93. The van der Waals surface area contributed by atoms with Crippen molar-refractivity contribution in [2.45, 2.75) is 27.7 Å². The first kappa shape index (κ1) is 26.8. The lowest BCUT2D eigenvalue weighted by Gasteiger charge is -2.15. The molecular weight excluding hydrogens is 596 g/mol. The molecule has 0 N–H and O–H groups in total. The highest BCUT2D eigenvalue weighted by atomic mass is 15.3. The van der Waals surface area contributed by atoms with Gasteiger partial charge in [0, 0.05) is 17.0 Å². The van der Waals surface area contributed by atoms with E-state index in [1.807, 2.05) is 83.6 Å². The molecule has 10 rings (SSSR count). The summed E-state index contributed by atoms with van der Waals surface area (Å²) < 4.78 is 8.42. The maximum absolute atomic E-state index is 5.26.